The second kappa shape index (κ2) is 8.93. The Kier molecular flexibility index (Phi) is 8.04. The number of carbonyl (C=O) groups is 3. The van der Waals surface area contributed by atoms with Crippen molar-refractivity contribution in [3.05, 3.63) is 22.4 Å². The van der Waals surface area contributed by atoms with Gasteiger partial charge in [0.2, 0.25) is 6.20 Å². The van der Waals surface area contributed by atoms with Crippen LogP contribution in [0.1, 0.15) is 48.0 Å². The summed E-state index contributed by atoms with van der Waals surface area (Å²) in [4.78, 5) is 45.3. The zero-order valence-corrected chi connectivity index (χ0v) is 16.4. The van der Waals surface area contributed by atoms with Crippen molar-refractivity contribution in [1.29, 1.82) is 0 Å². The minimum atomic E-state index is -4.02. The summed E-state index contributed by atoms with van der Waals surface area (Å²) in [6.07, 6.45) is -4.84. The number of alkyl halides is 2. The average molecular weight is 410 g/mol. The standard InChI is InChI=1S/C16H24F2N2O8/c1-14(2,3)27-12(23)20(13(24)28-15(4,5)6)10(11(21)22)9-16(17,18)7-8-19(25)26/h7-8,10H,9H2,1-6H3,(H,21,22)/b8-7+/t10-/m0/s1. The first kappa shape index (κ1) is 25.2. The van der Waals surface area contributed by atoms with Crippen molar-refractivity contribution in [3.63, 3.8) is 0 Å². The normalized spacial score (nSPS) is 13.7. The van der Waals surface area contributed by atoms with Crippen LogP contribution in [0, 0.1) is 10.1 Å². The summed E-state index contributed by atoms with van der Waals surface area (Å²) in [5.41, 5.74) is -2.34. The van der Waals surface area contributed by atoms with Gasteiger partial charge in [-0.3, -0.25) is 10.1 Å². The van der Waals surface area contributed by atoms with Crippen LogP contribution >= 0.6 is 0 Å². The van der Waals surface area contributed by atoms with Crippen molar-refractivity contribution < 1.29 is 42.7 Å². The Morgan fingerprint density at radius 3 is 1.75 bits per heavy atom. The minimum absolute atomic E-state index is 0.0653. The highest BCUT2D eigenvalue weighted by Gasteiger charge is 2.45. The number of halogens is 2. The largest absolute Gasteiger partial charge is 0.480 e. The lowest BCUT2D eigenvalue weighted by atomic mass is 10.1. The van der Waals surface area contributed by atoms with E-state index in [1.807, 2.05) is 0 Å². The van der Waals surface area contributed by atoms with E-state index in [1.165, 1.54) is 41.5 Å². The third-order valence-electron chi connectivity index (χ3n) is 2.68. The molecule has 0 aromatic heterocycles. The maximum Gasteiger partial charge on any atom is 0.420 e. The lowest BCUT2D eigenvalue weighted by molar-refractivity contribution is -0.403. The highest BCUT2D eigenvalue weighted by Crippen LogP contribution is 2.27. The van der Waals surface area contributed by atoms with Gasteiger partial charge in [0.05, 0.1) is 11.0 Å². The molecule has 0 aromatic rings. The molecule has 0 bridgehead atoms. The molecule has 0 rings (SSSR count). The number of rotatable bonds is 6. The molecule has 10 nitrogen and oxygen atoms in total. The summed E-state index contributed by atoms with van der Waals surface area (Å²) >= 11 is 0. The Morgan fingerprint density at radius 1 is 1.07 bits per heavy atom. The number of hydrogen-bond acceptors (Lipinski definition) is 7. The van der Waals surface area contributed by atoms with Gasteiger partial charge in [0.15, 0.2) is 0 Å². The Labute approximate surface area is 160 Å². The number of carbonyl (C=O) groups excluding carboxylic acids is 2. The summed E-state index contributed by atoms with van der Waals surface area (Å²) in [6, 6.07) is -2.41. The van der Waals surface area contributed by atoms with Crippen molar-refractivity contribution in [1.82, 2.24) is 4.90 Å². The fraction of sp³-hybridized carbons (Fsp3) is 0.688. The lowest BCUT2D eigenvalue weighted by Gasteiger charge is -2.32. The number of carboxylic acids is 1. The molecule has 0 aliphatic heterocycles. The number of ether oxygens (including phenoxy) is 2. The quantitative estimate of drug-likeness (QED) is 0.519. The molecule has 0 heterocycles. The molecular formula is C16H24F2N2O8. The van der Waals surface area contributed by atoms with Crippen molar-refractivity contribution in [2.24, 2.45) is 0 Å². The third kappa shape index (κ3) is 9.78. The smallest absolute Gasteiger partial charge is 0.420 e. The highest BCUT2D eigenvalue weighted by atomic mass is 19.3. The molecule has 0 spiro atoms. The van der Waals surface area contributed by atoms with Crippen LogP contribution in [0.25, 0.3) is 0 Å². The fourth-order valence-electron chi connectivity index (χ4n) is 1.74. The number of nitro groups is 1. The first-order valence-corrected chi connectivity index (χ1v) is 8.03. The number of aliphatic carboxylic acids is 1. The molecule has 1 atom stereocenters. The van der Waals surface area contributed by atoms with Crippen LogP contribution in [0.4, 0.5) is 18.4 Å². The molecule has 0 saturated carbocycles. The van der Waals surface area contributed by atoms with Gasteiger partial charge in [0.25, 0.3) is 5.92 Å². The molecule has 2 amide bonds. The number of hydrogen-bond donors (Lipinski definition) is 1. The second-order valence-electron chi connectivity index (χ2n) is 7.75. The van der Waals surface area contributed by atoms with Gasteiger partial charge in [-0.05, 0) is 41.5 Å². The Balaban J connectivity index is 6.00. The van der Waals surface area contributed by atoms with Crippen LogP contribution in [0.3, 0.4) is 0 Å². The molecule has 0 aromatic carbocycles. The summed E-state index contributed by atoms with van der Waals surface area (Å²) in [7, 11) is 0. The molecular weight excluding hydrogens is 386 g/mol. The lowest BCUT2D eigenvalue weighted by Crippen LogP contribution is -2.53. The molecule has 0 unspecified atom stereocenters. The molecule has 1 N–H and O–H groups in total. The minimum Gasteiger partial charge on any atom is -0.480 e. The Hall–Kier alpha value is -2.79. The Morgan fingerprint density at radius 2 is 1.46 bits per heavy atom. The van der Waals surface area contributed by atoms with E-state index in [0.717, 1.165) is 0 Å². The highest BCUT2D eigenvalue weighted by molar-refractivity contribution is 5.93. The monoisotopic (exact) mass is 410 g/mol. The topological polar surface area (TPSA) is 136 Å². The van der Waals surface area contributed by atoms with Crippen LogP contribution in [-0.2, 0) is 14.3 Å². The summed E-state index contributed by atoms with van der Waals surface area (Å²) in [5, 5.41) is 19.6. The Bertz CT molecular complexity index is 622. The maximum atomic E-state index is 14.0. The van der Waals surface area contributed by atoms with Gasteiger partial charge in [-0.1, -0.05) is 0 Å². The van der Waals surface area contributed by atoms with Crippen molar-refractivity contribution >= 4 is 18.2 Å². The third-order valence-corrected chi connectivity index (χ3v) is 2.68. The molecule has 0 radical (unpaired) electrons. The van der Waals surface area contributed by atoms with E-state index in [-0.39, 0.29) is 17.2 Å². The predicted molar refractivity (Wildman–Crippen MR) is 91.4 cm³/mol. The predicted octanol–water partition coefficient (Wildman–Crippen LogP) is 3.43. The number of carboxylic acid groups (broad SMARTS) is 1. The first-order chi connectivity index (χ1) is 12.3. The van der Waals surface area contributed by atoms with Gasteiger partial charge in [-0.2, -0.15) is 4.90 Å². The zero-order valence-electron chi connectivity index (χ0n) is 16.4. The molecule has 0 aliphatic carbocycles. The summed E-state index contributed by atoms with van der Waals surface area (Å²) in [6.45, 7) is 8.51. The van der Waals surface area contributed by atoms with Gasteiger partial charge in [0, 0.05) is 6.42 Å². The molecule has 28 heavy (non-hydrogen) atoms. The summed E-state index contributed by atoms with van der Waals surface area (Å²) < 4.78 is 37.8. The van der Waals surface area contributed by atoms with E-state index in [4.69, 9.17) is 9.47 Å². The van der Waals surface area contributed by atoms with E-state index in [9.17, 15) is 38.4 Å². The average Bonchev–Trinajstić information content (AvgIpc) is 2.40. The van der Waals surface area contributed by atoms with Crippen molar-refractivity contribution in [2.45, 2.75) is 71.1 Å². The van der Waals surface area contributed by atoms with E-state index < -0.39 is 52.7 Å². The van der Waals surface area contributed by atoms with Gasteiger partial charge in [-0.25, -0.2) is 23.2 Å². The second-order valence-corrected chi connectivity index (χ2v) is 7.75. The number of nitrogens with zero attached hydrogens (tertiary/aromatic N) is 2. The molecule has 0 saturated heterocycles. The van der Waals surface area contributed by atoms with Crippen LogP contribution < -0.4 is 0 Å². The van der Waals surface area contributed by atoms with E-state index in [2.05, 4.69) is 0 Å². The summed E-state index contributed by atoms with van der Waals surface area (Å²) in [5.74, 6) is -5.97. The molecule has 12 heteroatoms. The molecule has 0 aliphatic rings. The van der Waals surface area contributed by atoms with Gasteiger partial charge < -0.3 is 14.6 Å². The molecule has 0 fully saturated rings. The van der Waals surface area contributed by atoms with E-state index in [1.54, 1.807) is 0 Å². The maximum absolute atomic E-state index is 14.0. The number of amides is 2. The van der Waals surface area contributed by atoms with Crippen LogP contribution in [0.15, 0.2) is 12.3 Å². The molecule has 160 valence electrons. The van der Waals surface area contributed by atoms with Gasteiger partial charge in [0.1, 0.15) is 17.2 Å². The van der Waals surface area contributed by atoms with Crippen LogP contribution in [0.2, 0.25) is 0 Å². The van der Waals surface area contributed by atoms with Crippen molar-refractivity contribution in [3.8, 4) is 0 Å². The first-order valence-electron chi connectivity index (χ1n) is 8.03. The van der Waals surface area contributed by atoms with Crippen LogP contribution in [-0.4, -0.2) is 56.3 Å². The number of imide groups is 1. The van der Waals surface area contributed by atoms with Gasteiger partial charge >= 0.3 is 18.2 Å². The van der Waals surface area contributed by atoms with E-state index in [0.29, 0.717) is 0 Å². The van der Waals surface area contributed by atoms with Gasteiger partial charge in [-0.15, -0.1) is 0 Å². The van der Waals surface area contributed by atoms with Crippen LogP contribution in [0.5, 0.6) is 0 Å². The van der Waals surface area contributed by atoms with E-state index >= 15 is 0 Å². The fourth-order valence-corrected chi connectivity index (χ4v) is 1.74. The number of allylic oxidation sites excluding steroid dienone is 1. The zero-order chi connectivity index (χ0) is 22.5. The van der Waals surface area contributed by atoms with Crippen molar-refractivity contribution in [2.75, 3.05) is 0 Å². The SMILES string of the molecule is CC(C)(C)OC(=O)N(C(=O)OC(C)(C)C)[C@@H](CC(F)(F)/C=C/[N+](=O)[O-])C(=O)O.